The van der Waals surface area contributed by atoms with E-state index in [-0.39, 0.29) is 17.5 Å². The van der Waals surface area contributed by atoms with Gasteiger partial charge in [-0.15, -0.1) is 0 Å². The SMILES string of the molecule is CCCOc1ccc(C2=C(Nc3ccc(C(C)C)cc3)C(=O)N(c3ccc(C)cc3)C2=O)cc1. The van der Waals surface area contributed by atoms with Gasteiger partial charge < -0.3 is 10.1 Å². The Morgan fingerprint density at radius 1 is 0.853 bits per heavy atom. The zero-order valence-electron chi connectivity index (χ0n) is 20.1. The van der Waals surface area contributed by atoms with Crippen molar-refractivity contribution in [2.24, 2.45) is 0 Å². The van der Waals surface area contributed by atoms with Gasteiger partial charge >= 0.3 is 0 Å². The molecule has 5 heteroatoms. The summed E-state index contributed by atoms with van der Waals surface area (Å²) < 4.78 is 5.68. The van der Waals surface area contributed by atoms with Gasteiger partial charge in [-0.05, 0) is 66.8 Å². The molecule has 0 aromatic heterocycles. The molecule has 1 heterocycles. The molecule has 0 unspecified atom stereocenters. The Kier molecular flexibility index (Phi) is 6.82. The summed E-state index contributed by atoms with van der Waals surface area (Å²) in [6.07, 6.45) is 0.912. The number of benzene rings is 3. The first-order chi connectivity index (χ1) is 16.4. The van der Waals surface area contributed by atoms with Gasteiger partial charge in [0.2, 0.25) is 0 Å². The summed E-state index contributed by atoms with van der Waals surface area (Å²) in [4.78, 5) is 28.3. The molecule has 3 aromatic carbocycles. The first kappa shape index (κ1) is 23.3. The van der Waals surface area contributed by atoms with E-state index in [1.807, 2.05) is 74.5 Å². The Hall–Kier alpha value is -3.86. The average Bonchev–Trinajstić information content (AvgIpc) is 3.08. The zero-order valence-corrected chi connectivity index (χ0v) is 20.1. The number of ether oxygens (including phenoxy) is 1. The fourth-order valence-corrected chi connectivity index (χ4v) is 3.88. The number of carbonyl (C=O) groups is 2. The molecule has 174 valence electrons. The van der Waals surface area contributed by atoms with Crippen LogP contribution in [-0.4, -0.2) is 18.4 Å². The van der Waals surface area contributed by atoms with Gasteiger partial charge in [0.1, 0.15) is 11.4 Å². The molecule has 1 aliphatic heterocycles. The standard InChI is InChI=1S/C29H30N2O3/c1-5-18-34-25-16-10-22(11-17-25)26-27(30-23-12-8-21(9-13-23)19(2)3)29(33)31(28(26)32)24-14-6-20(4)7-15-24/h6-17,19,30H,5,18H2,1-4H3. The molecule has 0 atom stereocenters. The fourth-order valence-electron chi connectivity index (χ4n) is 3.88. The van der Waals surface area contributed by atoms with Gasteiger partial charge in [-0.1, -0.05) is 62.7 Å². The van der Waals surface area contributed by atoms with Gasteiger partial charge in [-0.25, -0.2) is 4.90 Å². The number of anilines is 2. The topological polar surface area (TPSA) is 58.6 Å². The molecule has 3 aromatic rings. The molecular formula is C29H30N2O3. The highest BCUT2D eigenvalue weighted by atomic mass is 16.5. The minimum absolute atomic E-state index is 0.269. The first-order valence-corrected chi connectivity index (χ1v) is 11.7. The van der Waals surface area contributed by atoms with Crippen molar-refractivity contribution in [3.05, 3.63) is 95.2 Å². The number of carbonyl (C=O) groups excluding carboxylic acids is 2. The largest absolute Gasteiger partial charge is 0.494 e. The van der Waals surface area contributed by atoms with Crippen molar-refractivity contribution < 1.29 is 14.3 Å². The lowest BCUT2D eigenvalue weighted by Gasteiger charge is -2.16. The molecule has 0 saturated carbocycles. The summed E-state index contributed by atoms with van der Waals surface area (Å²) in [5.74, 6) is 0.418. The Balaban J connectivity index is 1.73. The smallest absolute Gasteiger partial charge is 0.282 e. The van der Waals surface area contributed by atoms with E-state index < -0.39 is 0 Å². The van der Waals surface area contributed by atoms with Crippen molar-refractivity contribution in [3.8, 4) is 5.75 Å². The third-order valence-corrected chi connectivity index (χ3v) is 5.84. The first-order valence-electron chi connectivity index (χ1n) is 11.7. The Morgan fingerprint density at radius 3 is 2.09 bits per heavy atom. The number of rotatable bonds is 8. The van der Waals surface area contributed by atoms with Crippen LogP contribution in [0.3, 0.4) is 0 Å². The van der Waals surface area contributed by atoms with E-state index in [2.05, 4.69) is 19.2 Å². The van der Waals surface area contributed by atoms with Crippen LogP contribution in [0, 0.1) is 6.92 Å². The van der Waals surface area contributed by atoms with Crippen LogP contribution in [0.1, 0.15) is 49.8 Å². The fraction of sp³-hybridized carbons (Fsp3) is 0.241. The monoisotopic (exact) mass is 454 g/mol. The minimum atomic E-state index is -0.372. The lowest BCUT2D eigenvalue weighted by atomic mass is 10.0. The van der Waals surface area contributed by atoms with Gasteiger partial charge in [0.15, 0.2) is 0 Å². The van der Waals surface area contributed by atoms with Crippen LogP contribution in [-0.2, 0) is 9.59 Å². The quantitative estimate of drug-likeness (QED) is 0.406. The molecule has 5 nitrogen and oxygen atoms in total. The summed E-state index contributed by atoms with van der Waals surface area (Å²) in [7, 11) is 0. The predicted molar refractivity (Wildman–Crippen MR) is 137 cm³/mol. The number of hydrogen-bond acceptors (Lipinski definition) is 4. The van der Waals surface area contributed by atoms with Crippen molar-refractivity contribution in [3.63, 3.8) is 0 Å². The van der Waals surface area contributed by atoms with Crippen LogP contribution in [0.5, 0.6) is 5.75 Å². The highest BCUT2D eigenvalue weighted by Crippen LogP contribution is 2.34. The maximum Gasteiger partial charge on any atom is 0.282 e. The van der Waals surface area contributed by atoms with E-state index >= 15 is 0 Å². The maximum absolute atomic E-state index is 13.6. The summed E-state index contributed by atoms with van der Waals surface area (Å²) in [5, 5.41) is 3.23. The van der Waals surface area contributed by atoms with E-state index in [0.717, 1.165) is 23.4 Å². The van der Waals surface area contributed by atoms with Gasteiger partial charge in [0, 0.05) is 5.69 Å². The number of hydrogen-bond donors (Lipinski definition) is 1. The van der Waals surface area contributed by atoms with E-state index in [4.69, 9.17) is 4.74 Å². The molecule has 0 fully saturated rings. The molecule has 1 aliphatic rings. The van der Waals surface area contributed by atoms with Crippen LogP contribution >= 0.6 is 0 Å². The van der Waals surface area contributed by atoms with Crippen LogP contribution in [0.2, 0.25) is 0 Å². The van der Waals surface area contributed by atoms with E-state index in [9.17, 15) is 9.59 Å². The third-order valence-electron chi connectivity index (χ3n) is 5.84. The second-order valence-corrected chi connectivity index (χ2v) is 8.81. The minimum Gasteiger partial charge on any atom is -0.494 e. The summed E-state index contributed by atoms with van der Waals surface area (Å²) in [6.45, 7) is 8.91. The lowest BCUT2D eigenvalue weighted by molar-refractivity contribution is -0.120. The molecule has 4 rings (SSSR count). The summed E-state index contributed by atoms with van der Waals surface area (Å²) >= 11 is 0. The van der Waals surface area contributed by atoms with E-state index in [0.29, 0.717) is 29.3 Å². The van der Waals surface area contributed by atoms with E-state index in [1.165, 1.54) is 10.5 Å². The number of nitrogens with one attached hydrogen (secondary N) is 1. The molecule has 0 bridgehead atoms. The van der Waals surface area contributed by atoms with Crippen molar-refractivity contribution in [1.82, 2.24) is 0 Å². The van der Waals surface area contributed by atoms with Crippen molar-refractivity contribution in [1.29, 1.82) is 0 Å². The molecular weight excluding hydrogens is 424 g/mol. The molecule has 0 aliphatic carbocycles. The second kappa shape index (κ2) is 9.96. The maximum atomic E-state index is 13.6. The Morgan fingerprint density at radius 2 is 1.50 bits per heavy atom. The Labute approximate surface area is 201 Å². The highest BCUT2D eigenvalue weighted by Gasteiger charge is 2.40. The van der Waals surface area contributed by atoms with Gasteiger partial charge in [0.05, 0.1) is 17.9 Å². The zero-order chi connectivity index (χ0) is 24.2. The molecule has 0 radical (unpaired) electrons. The summed E-state index contributed by atoms with van der Waals surface area (Å²) in [6, 6.07) is 22.6. The highest BCUT2D eigenvalue weighted by molar-refractivity contribution is 6.46. The molecule has 2 amide bonds. The van der Waals surface area contributed by atoms with Crippen LogP contribution in [0.15, 0.2) is 78.5 Å². The number of imide groups is 1. The van der Waals surface area contributed by atoms with Gasteiger partial charge in [-0.3, -0.25) is 9.59 Å². The second-order valence-electron chi connectivity index (χ2n) is 8.81. The summed E-state index contributed by atoms with van der Waals surface area (Å²) in [5.41, 5.74) is 4.85. The van der Waals surface area contributed by atoms with Crippen LogP contribution < -0.4 is 15.0 Å². The van der Waals surface area contributed by atoms with Crippen LogP contribution in [0.4, 0.5) is 11.4 Å². The molecule has 1 N–H and O–H groups in total. The van der Waals surface area contributed by atoms with Gasteiger partial charge in [0.25, 0.3) is 11.8 Å². The molecule has 0 spiro atoms. The van der Waals surface area contributed by atoms with Crippen molar-refractivity contribution >= 4 is 28.8 Å². The van der Waals surface area contributed by atoms with Gasteiger partial charge in [-0.2, -0.15) is 0 Å². The lowest BCUT2D eigenvalue weighted by Crippen LogP contribution is -2.32. The number of amides is 2. The average molecular weight is 455 g/mol. The number of nitrogens with zero attached hydrogens (tertiary/aromatic N) is 1. The van der Waals surface area contributed by atoms with Crippen molar-refractivity contribution in [2.45, 2.75) is 40.0 Å². The van der Waals surface area contributed by atoms with Crippen molar-refractivity contribution in [2.75, 3.05) is 16.8 Å². The van der Waals surface area contributed by atoms with Crippen LogP contribution in [0.25, 0.3) is 5.57 Å². The predicted octanol–water partition coefficient (Wildman–Crippen LogP) is 6.30. The number of aryl methyl sites for hydroxylation is 1. The Bertz CT molecular complexity index is 1210. The van der Waals surface area contributed by atoms with E-state index in [1.54, 1.807) is 12.1 Å². The molecule has 34 heavy (non-hydrogen) atoms. The molecule has 0 saturated heterocycles. The third kappa shape index (κ3) is 4.74. The normalized spacial score (nSPS) is 13.7.